The van der Waals surface area contributed by atoms with Crippen molar-refractivity contribution < 1.29 is 37.5 Å². The van der Waals surface area contributed by atoms with Crippen LogP contribution in [0.25, 0.3) is 0 Å². The van der Waals surface area contributed by atoms with E-state index in [2.05, 4.69) is 5.10 Å². The normalized spacial score (nSPS) is 14.4. The van der Waals surface area contributed by atoms with E-state index < -0.39 is 44.9 Å². The Labute approximate surface area is 242 Å². The molecule has 2 amide bonds. The van der Waals surface area contributed by atoms with Gasteiger partial charge in [0, 0.05) is 26.2 Å². The van der Waals surface area contributed by atoms with Gasteiger partial charge in [-0.05, 0) is 37.7 Å². The molecular weight excluding hydrogens is 568 g/mol. The number of carbonyl (C=O) groups is 3. The van der Waals surface area contributed by atoms with Crippen LogP contribution in [0.2, 0.25) is 0 Å². The lowest BCUT2D eigenvalue weighted by Gasteiger charge is -2.31. The monoisotopic (exact) mass is 600 g/mol. The first-order valence-corrected chi connectivity index (χ1v) is 14.4. The third-order valence-electron chi connectivity index (χ3n) is 6.70. The summed E-state index contributed by atoms with van der Waals surface area (Å²) in [6, 6.07) is 12.5. The lowest BCUT2D eigenvalue weighted by atomic mass is 10.1. The fourth-order valence-corrected chi connectivity index (χ4v) is 5.96. The Morgan fingerprint density at radius 1 is 1.07 bits per heavy atom. The number of esters is 1. The van der Waals surface area contributed by atoms with Gasteiger partial charge in [-0.15, -0.1) is 0 Å². The number of likely N-dealkylation sites (N-methyl/N-ethyl adjacent to an activating group) is 1. The highest BCUT2D eigenvalue weighted by atomic mass is 32.2. The molecule has 1 saturated heterocycles. The van der Waals surface area contributed by atoms with Crippen LogP contribution in [0.15, 0.2) is 53.4 Å². The van der Waals surface area contributed by atoms with Crippen LogP contribution in [0.3, 0.4) is 0 Å². The van der Waals surface area contributed by atoms with E-state index in [9.17, 15) is 28.0 Å². The second-order valence-corrected chi connectivity index (χ2v) is 11.4. The summed E-state index contributed by atoms with van der Waals surface area (Å²) in [5.74, 6) is -3.37. The van der Waals surface area contributed by atoms with Crippen LogP contribution in [0.1, 0.15) is 43.8 Å². The zero-order chi connectivity index (χ0) is 30.6. The Bertz CT molecular complexity index is 1580. The molecule has 14 nitrogen and oxygen atoms in total. The average Bonchev–Trinajstić information content (AvgIpc) is 3.36. The summed E-state index contributed by atoms with van der Waals surface area (Å²) in [6.45, 7) is 3.32. The maximum Gasteiger partial charge on any atom is 0.360 e. The number of aromatic nitrogens is 2. The highest BCUT2D eigenvalue weighted by Gasteiger charge is 2.36. The molecule has 2 heterocycles. The lowest BCUT2D eigenvalue weighted by Crippen LogP contribution is -2.47. The van der Waals surface area contributed by atoms with Gasteiger partial charge in [0.05, 0.1) is 30.7 Å². The molecule has 42 heavy (non-hydrogen) atoms. The van der Waals surface area contributed by atoms with Gasteiger partial charge in [-0.3, -0.25) is 19.5 Å². The van der Waals surface area contributed by atoms with Crippen LogP contribution in [0.4, 0.5) is 5.69 Å². The molecule has 1 aliphatic rings. The topological polar surface area (TPSA) is 178 Å². The summed E-state index contributed by atoms with van der Waals surface area (Å²) < 4.78 is 39.6. The fraction of sp³-hybridized carbons (Fsp3) is 0.333. The largest absolute Gasteiger partial charge is 0.493 e. The van der Waals surface area contributed by atoms with Gasteiger partial charge in [0.25, 0.3) is 11.8 Å². The maximum absolute atomic E-state index is 13.8. The number of piperazine rings is 1. The van der Waals surface area contributed by atoms with E-state index in [0.717, 1.165) is 17.9 Å². The van der Waals surface area contributed by atoms with Gasteiger partial charge < -0.3 is 20.1 Å². The van der Waals surface area contributed by atoms with Gasteiger partial charge in [0.2, 0.25) is 10.0 Å². The minimum atomic E-state index is -4.01. The first-order chi connectivity index (χ1) is 20.0. The third-order valence-corrected chi connectivity index (χ3v) is 8.59. The van der Waals surface area contributed by atoms with Crippen LogP contribution in [-0.4, -0.2) is 97.3 Å². The Morgan fingerprint density at radius 2 is 1.74 bits per heavy atom. The van der Waals surface area contributed by atoms with Crippen molar-refractivity contribution >= 4 is 33.5 Å². The summed E-state index contributed by atoms with van der Waals surface area (Å²) in [5, 5.41) is 15.4. The average molecular weight is 601 g/mol. The SMILES string of the molecule is CCOc1ccc(S(=O)(=O)N2CCN(C)CC2)cc1C(=O)N(O)c1c(C(=O)OC)nn(Cc2ccccc2)c1C(N)=O. The number of hydrogen-bond donors (Lipinski definition) is 2. The zero-order valence-corrected chi connectivity index (χ0v) is 24.2. The summed E-state index contributed by atoms with van der Waals surface area (Å²) in [5.41, 5.74) is 4.36. The summed E-state index contributed by atoms with van der Waals surface area (Å²) in [4.78, 5) is 40.9. The van der Waals surface area contributed by atoms with Crippen molar-refractivity contribution in [3.8, 4) is 5.75 Å². The van der Waals surface area contributed by atoms with Gasteiger partial charge in [0.15, 0.2) is 11.4 Å². The van der Waals surface area contributed by atoms with Crippen molar-refractivity contribution in [1.82, 2.24) is 19.0 Å². The number of anilines is 1. The Balaban J connectivity index is 1.81. The van der Waals surface area contributed by atoms with Crippen LogP contribution >= 0.6 is 0 Å². The standard InChI is InChI=1S/C27H32N6O8S/c1-4-41-21-11-10-19(42(38,39)31-14-12-30(2)13-15-31)16-20(21)26(35)33(37)23-22(27(36)40-3)29-32(24(23)25(28)34)17-18-8-6-5-7-9-18/h5-11,16,37H,4,12-15,17H2,1-3H3,(H2,28,34). The van der Waals surface area contributed by atoms with Crippen LogP contribution in [-0.2, 0) is 21.3 Å². The fourth-order valence-electron chi connectivity index (χ4n) is 4.51. The number of benzene rings is 2. The van der Waals surface area contributed by atoms with E-state index in [1.165, 1.54) is 16.4 Å². The summed E-state index contributed by atoms with van der Waals surface area (Å²) in [7, 11) is -1.05. The van der Waals surface area contributed by atoms with Crippen molar-refractivity contribution in [2.24, 2.45) is 5.73 Å². The van der Waals surface area contributed by atoms with E-state index in [1.807, 2.05) is 11.9 Å². The highest BCUT2D eigenvalue weighted by molar-refractivity contribution is 7.89. The number of nitrogens with two attached hydrogens (primary N) is 1. The summed E-state index contributed by atoms with van der Waals surface area (Å²) in [6.07, 6.45) is 0. The molecule has 1 fully saturated rings. The number of ether oxygens (including phenoxy) is 2. The van der Waals surface area contributed by atoms with E-state index in [4.69, 9.17) is 15.2 Å². The second-order valence-electron chi connectivity index (χ2n) is 9.46. The first kappa shape index (κ1) is 30.6. The highest BCUT2D eigenvalue weighted by Crippen LogP contribution is 2.31. The van der Waals surface area contributed by atoms with Gasteiger partial charge >= 0.3 is 5.97 Å². The van der Waals surface area contributed by atoms with E-state index in [0.29, 0.717) is 18.7 Å². The molecule has 2 aromatic carbocycles. The molecule has 0 unspecified atom stereocenters. The molecule has 0 aliphatic carbocycles. The van der Waals surface area contributed by atoms with Gasteiger partial charge in [-0.1, -0.05) is 30.3 Å². The number of methoxy groups -OCH3 is 1. The molecule has 1 aromatic heterocycles. The molecule has 0 radical (unpaired) electrons. The molecule has 0 atom stereocenters. The zero-order valence-electron chi connectivity index (χ0n) is 23.4. The van der Waals surface area contributed by atoms with Gasteiger partial charge in [0.1, 0.15) is 11.4 Å². The molecule has 3 aromatic rings. The molecular formula is C27H32N6O8S. The van der Waals surface area contributed by atoms with Crippen LogP contribution in [0.5, 0.6) is 5.75 Å². The lowest BCUT2D eigenvalue weighted by molar-refractivity contribution is 0.0591. The van der Waals surface area contributed by atoms with Crippen molar-refractivity contribution in [2.45, 2.75) is 18.4 Å². The number of nitrogens with zero attached hydrogens (tertiary/aromatic N) is 5. The smallest absolute Gasteiger partial charge is 0.360 e. The number of amides is 2. The quantitative estimate of drug-likeness (QED) is 0.195. The number of sulfonamides is 1. The van der Waals surface area contributed by atoms with Crippen LogP contribution < -0.4 is 15.5 Å². The van der Waals surface area contributed by atoms with E-state index in [-0.39, 0.29) is 47.5 Å². The molecule has 3 N–H and O–H groups in total. The molecule has 0 spiro atoms. The van der Waals surface area contributed by atoms with Crippen molar-refractivity contribution in [3.63, 3.8) is 0 Å². The summed E-state index contributed by atoms with van der Waals surface area (Å²) >= 11 is 0. The number of hydrogen-bond acceptors (Lipinski definition) is 10. The Hall–Kier alpha value is -4.31. The van der Waals surface area contributed by atoms with Crippen LogP contribution in [0, 0.1) is 0 Å². The maximum atomic E-state index is 13.8. The Kier molecular flexibility index (Phi) is 9.26. The molecule has 0 bridgehead atoms. The molecule has 4 rings (SSSR count). The first-order valence-electron chi connectivity index (χ1n) is 13.0. The van der Waals surface area contributed by atoms with Crippen molar-refractivity contribution in [2.75, 3.05) is 52.0 Å². The van der Waals surface area contributed by atoms with E-state index >= 15 is 0 Å². The van der Waals surface area contributed by atoms with E-state index in [1.54, 1.807) is 37.3 Å². The number of hydroxylamine groups is 1. The third kappa shape index (κ3) is 6.13. The predicted octanol–water partition coefficient (Wildman–Crippen LogP) is 1.19. The minimum absolute atomic E-state index is 0.0317. The number of primary amides is 1. The Morgan fingerprint density at radius 3 is 2.33 bits per heavy atom. The van der Waals surface area contributed by atoms with Gasteiger partial charge in [-0.25, -0.2) is 13.2 Å². The number of carbonyl (C=O) groups excluding carboxylic acids is 3. The second kappa shape index (κ2) is 12.7. The molecule has 15 heteroatoms. The van der Waals surface area contributed by atoms with Crippen molar-refractivity contribution in [1.29, 1.82) is 0 Å². The predicted molar refractivity (Wildman–Crippen MR) is 150 cm³/mol. The van der Waals surface area contributed by atoms with Gasteiger partial charge in [-0.2, -0.15) is 14.5 Å². The number of rotatable bonds is 10. The minimum Gasteiger partial charge on any atom is -0.493 e. The molecule has 1 aliphatic heterocycles. The molecule has 224 valence electrons. The molecule has 0 saturated carbocycles. The van der Waals surface area contributed by atoms with Crippen molar-refractivity contribution in [3.05, 3.63) is 71.0 Å².